The molecular formula is C6H9NO5. The molecule has 0 aliphatic heterocycles. The topological polar surface area (TPSA) is 92.7 Å². The van der Waals surface area contributed by atoms with Gasteiger partial charge in [0.1, 0.15) is 12.3 Å². The van der Waals surface area contributed by atoms with E-state index < -0.39 is 18.1 Å². The maximum absolute atomic E-state index is 10.5. The highest BCUT2D eigenvalue weighted by molar-refractivity contribution is 5.82. The Bertz CT molecular complexity index is 190. The van der Waals surface area contributed by atoms with E-state index in [9.17, 15) is 14.4 Å². The smallest absolute Gasteiger partial charge is 0.407 e. The van der Waals surface area contributed by atoms with Crippen molar-refractivity contribution in [3.05, 3.63) is 0 Å². The van der Waals surface area contributed by atoms with Crippen molar-refractivity contribution in [1.82, 2.24) is 5.32 Å². The average Bonchev–Trinajstić information content (AvgIpc) is 2.03. The molecule has 1 atom stereocenters. The van der Waals surface area contributed by atoms with Gasteiger partial charge in [-0.25, -0.2) is 9.59 Å². The molecule has 0 aliphatic rings. The molecule has 0 rings (SSSR count). The Hall–Kier alpha value is -1.59. The van der Waals surface area contributed by atoms with Crippen LogP contribution in [0.1, 0.15) is 6.42 Å². The highest BCUT2D eigenvalue weighted by atomic mass is 16.5. The first-order valence-electron chi connectivity index (χ1n) is 3.12. The fourth-order valence-electron chi connectivity index (χ4n) is 0.519. The SMILES string of the molecule is COC(=O)NC(CC=O)C(=O)O. The zero-order chi connectivity index (χ0) is 9.56. The van der Waals surface area contributed by atoms with E-state index in [-0.39, 0.29) is 6.42 Å². The molecule has 0 aromatic rings. The van der Waals surface area contributed by atoms with Gasteiger partial charge in [0, 0.05) is 6.42 Å². The molecule has 0 saturated heterocycles. The van der Waals surface area contributed by atoms with Crippen LogP contribution in [0.4, 0.5) is 4.79 Å². The monoisotopic (exact) mass is 175 g/mol. The number of alkyl carbamates (subject to hydrolysis) is 1. The van der Waals surface area contributed by atoms with Gasteiger partial charge in [0.2, 0.25) is 0 Å². The van der Waals surface area contributed by atoms with Crippen LogP contribution in [0.3, 0.4) is 0 Å². The van der Waals surface area contributed by atoms with Crippen molar-refractivity contribution in [3.8, 4) is 0 Å². The molecule has 0 saturated carbocycles. The average molecular weight is 175 g/mol. The minimum Gasteiger partial charge on any atom is -0.480 e. The molecular weight excluding hydrogens is 166 g/mol. The fraction of sp³-hybridized carbons (Fsp3) is 0.500. The van der Waals surface area contributed by atoms with Gasteiger partial charge in [0.15, 0.2) is 0 Å². The van der Waals surface area contributed by atoms with Gasteiger partial charge in [0.05, 0.1) is 7.11 Å². The fourth-order valence-corrected chi connectivity index (χ4v) is 0.519. The molecule has 1 amide bonds. The van der Waals surface area contributed by atoms with Gasteiger partial charge in [0.25, 0.3) is 0 Å². The summed E-state index contributed by atoms with van der Waals surface area (Å²) in [7, 11) is 1.11. The number of amides is 1. The van der Waals surface area contributed by atoms with Gasteiger partial charge >= 0.3 is 12.1 Å². The number of carbonyl (C=O) groups excluding carboxylic acids is 2. The molecule has 0 aromatic heterocycles. The van der Waals surface area contributed by atoms with Crippen molar-refractivity contribution in [1.29, 1.82) is 0 Å². The lowest BCUT2D eigenvalue weighted by molar-refractivity contribution is -0.140. The highest BCUT2D eigenvalue weighted by Gasteiger charge is 2.18. The van der Waals surface area contributed by atoms with Crippen LogP contribution in [0.2, 0.25) is 0 Å². The van der Waals surface area contributed by atoms with E-state index in [2.05, 4.69) is 4.74 Å². The summed E-state index contributed by atoms with van der Waals surface area (Å²) in [4.78, 5) is 30.7. The Morgan fingerprint density at radius 3 is 2.58 bits per heavy atom. The standard InChI is InChI=1S/C6H9NO5/c1-12-6(11)7-4(2-3-8)5(9)10/h3-4H,2H2,1H3,(H,7,11)(H,9,10). The van der Waals surface area contributed by atoms with Gasteiger partial charge in [-0.3, -0.25) is 0 Å². The molecule has 6 heteroatoms. The van der Waals surface area contributed by atoms with Crippen LogP contribution in [0.25, 0.3) is 0 Å². The molecule has 0 heterocycles. The number of carboxylic acid groups (broad SMARTS) is 1. The third-order valence-electron chi connectivity index (χ3n) is 1.11. The van der Waals surface area contributed by atoms with Crippen molar-refractivity contribution < 1.29 is 24.2 Å². The summed E-state index contributed by atoms with van der Waals surface area (Å²) < 4.78 is 4.15. The van der Waals surface area contributed by atoms with Crippen LogP contribution in [0.15, 0.2) is 0 Å². The maximum Gasteiger partial charge on any atom is 0.407 e. The van der Waals surface area contributed by atoms with E-state index in [1.807, 2.05) is 5.32 Å². The van der Waals surface area contributed by atoms with Gasteiger partial charge in [-0.2, -0.15) is 0 Å². The lowest BCUT2D eigenvalue weighted by Crippen LogP contribution is -2.40. The molecule has 0 radical (unpaired) electrons. The predicted molar refractivity (Wildman–Crippen MR) is 37.6 cm³/mol. The number of carboxylic acids is 1. The van der Waals surface area contributed by atoms with Crippen LogP contribution < -0.4 is 5.32 Å². The first kappa shape index (κ1) is 10.4. The normalized spacial score (nSPS) is 11.4. The molecule has 0 bridgehead atoms. The molecule has 0 aliphatic carbocycles. The molecule has 2 N–H and O–H groups in total. The quantitative estimate of drug-likeness (QED) is 0.555. The van der Waals surface area contributed by atoms with Crippen LogP contribution in [0.5, 0.6) is 0 Å². The van der Waals surface area contributed by atoms with Crippen LogP contribution in [0, 0.1) is 0 Å². The molecule has 0 aromatic carbocycles. The summed E-state index contributed by atoms with van der Waals surface area (Å²) in [5, 5.41) is 10.4. The van der Waals surface area contributed by atoms with E-state index in [0.29, 0.717) is 6.29 Å². The summed E-state index contributed by atoms with van der Waals surface area (Å²) in [6.45, 7) is 0. The molecule has 6 nitrogen and oxygen atoms in total. The zero-order valence-corrected chi connectivity index (χ0v) is 6.44. The summed E-state index contributed by atoms with van der Waals surface area (Å²) in [5.41, 5.74) is 0. The number of ether oxygens (including phenoxy) is 1. The van der Waals surface area contributed by atoms with Crippen molar-refractivity contribution >= 4 is 18.3 Å². The van der Waals surface area contributed by atoms with Gasteiger partial charge in [-0.15, -0.1) is 0 Å². The second-order valence-corrected chi connectivity index (χ2v) is 1.93. The van der Waals surface area contributed by atoms with E-state index in [0.717, 1.165) is 7.11 Å². The Morgan fingerprint density at radius 1 is 1.67 bits per heavy atom. The third kappa shape index (κ3) is 3.55. The zero-order valence-electron chi connectivity index (χ0n) is 6.44. The minimum absolute atomic E-state index is 0.273. The first-order chi connectivity index (χ1) is 5.61. The lowest BCUT2D eigenvalue weighted by Gasteiger charge is -2.09. The number of aldehydes is 1. The van der Waals surface area contributed by atoms with Gasteiger partial charge in [-0.05, 0) is 0 Å². The van der Waals surface area contributed by atoms with E-state index >= 15 is 0 Å². The summed E-state index contributed by atoms with van der Waals surface area (Å²) in [5.74, 6) is -1.27. The van der Waals surface area contributed by atoms with Crippen molar-refractivity contribution in [2.24, 2.45) is 0 Å². The van der Waals surface area contributed by atoms with Crippen LogP contribution in [-0.4, -0.2) is 36.6 Å². The van der Waals surface area contributed by atoms with E-state index in [1.54, 1.807) is 0 Å². The summed E-state index contributed by atoms with van der Waals surface area (Å²) in [6, 6.07) is -1.21. The second-order valence-electron chi connectivity index (χ2n) is 1.93. The number of carbonyl (C=O) groups is 3. The van der Waals surface area contributed by atoms with Crippen molar-refractivity contribution in [2.75, 3.05) is 7.11 Å². The summed E-state index contributed by atoms with van der Waals surface area (Å²) >= 11 is 0. The molecule has 12 heavy (non-hydrogen) atoms. The third-order valence-corrected chi connectivity index (χ3v) is 1.11. The van der Waals surface area contributed by atoms with Crippen molar-refractivity contribution in [3.63, 3.8) is 0 Å². The van der Waals surface area contributed by atoms with E-state index in [4.69, 9.17) is 5.11 Å². The molecule has 1 unspecified atom stereocenters. The number of hydrogen-bond acceptors (Lipinski definition) is 4. The Kier molecular flexibility index (Phi) is 4.43. The maximum atomic E-state index is 10.5. The predicted octanol–water partition coefficient (Wildman–Crippen LogP) is -0.615. The van der Waals surface area contributed by atoms with Crippen molar-refractivity contribution in [2.45, 2.75) is 12.5 Å². The lowest BCUT2D eigenvalue weighted by atomic mass is 10.2. The number of nitrogens with one attached hydrogen (secondary N) is 1. The Balaban J connectivity index is 4.03. The highest BCUT2D eigenvalue weighted by Crippen LogP contribution is 1.89. The largest absolute Gasteiger partial charge is 0.480 e. The van der Waals surface area contributed by atoms with E-state index in [1.165, 1.54) is 0 Å². The number of rotatable bonds is 4. The number of methoxy groups -OCH3 is 1. The first-order valence-corrected chi connectivity index (χ1v) is 3.12. The minimum atomic E-state index is -1.27. The van der Waals surface area contributed by atoms with Crippen LogP contribution >= 0.6 is 0 Å². The van der Waals surface area contributed by atoms with Crippen LogP contribution in [-0.2, 0) is 14.3 Å². The molecule has 68 valence electrons. The second kappa shape index (κ2) is 5.11. The number of hydrogen-bond donors (Lipinski definition) is 2. The van der Waals surface area contributed by atoms with Gasteiger partial charge in [-0.1, -0.05) is 0 Å². The Morgan fingerprint density at radius 2 is 2.25 bits per heavy atom. The summed E-state index contributed by atoms with van der Waals surface area (Å²) in [6.07, 6.45) is -0.733. The van der Waals surface area contributed by atoms with Gasteiger partial charge < -0.3 is 20.0 Å². The molecule has 0 spiro atoms. The molecule has 0 fully saturated rings. The number of aliphatic carboxylic acids is 1. The Labute approximate surface area is 68.5 Å².